The maximum atomic E-state index is 3.67. The lowest BCUT2D eigenvalue weighted by Gasteiger charge is -2.18. The molecule has 96 valence electrons. The third kappa shape index (κ3) is 4.13. The zero-order valence-corrected chi connectivity index (χ0v) is 11.5. The fraction of sp³-hybridized carbons (Fsp3) is 0.357. The third-order valence-electron chi connectivity index (χ3n) is 2.49. The highest BCUT2D eigenvalue weighted by molar-refractivity contribution is 5.23. The van der Waals surface area contributed by atoms with Crippen molar-refractivity contribution >= 4 is 6.72 Å². The van der Waals surface area contributed by atoms with Crippen LogP contribution < -0.4 is 0 Å². The number of nitrogens with zero attached hydrogens (tertiary/aromatic N) is 4. The Morgan fingerprint density at radius 1 is 1.17 bits per heavy atom. The number of rotatable bonds is 1. The van der Waals surface area contributed by atoms with Crippen LogP contribution in [0.15, 0.2) is 41.8 Å². The molecule has 0 saturated heterocycles. The van der Waals surface area contributed by atoms with Crippen LogP contribution in [-0.2, 0) is 5.41 Å². The summed E-state index contributed by atoms with van der Waals surface area (Å²) in [5.74, 6) is 0.750. The predicted octanol–water partition coefficient (Wildman–Crippen LogP) is 3.03. The topological polar surface area (TPSA) is 43.1 Å². The largest absolute Gasteiger partial charge is 0.205 e. The summed E-state index contributed by atoms with van der Waals surface area (Å²) in [5, 5.41) is 10.8. The fourth-order valence-electron chi connectivity index (χ4n) is 1.36. The molecule has 0 atom stereocenters. The van der Waals surface area contributed by atoms with Crippen molar-refractivity contribution in [3.05, 3.63) is 48.0 Å². The molecule has 0 amide bonds. The van der Waals surface area contributed by atoms with Crippen LogP contribution in [-0.4, -0.2) is 21.6 Å². The molecule has 1 aromatic heterocycles. The average molecular weight is 244 g/mol. The van der Waals surface area contributed by atoms with Crippen molar-refractivity contribution in [3.8, 4) is 0 Å². The van der Waals surface area contributed by atoms with E-state index in [1.165, 1.54) is 16.6 Å². The summed E-state index contributed by atoms with van der Waals surface area (Å²) >= 11 is 0. The molecule has 0 radical (unpaired) electrons. The first-order chi connectivity index (χ1) is 8.45. The highest BCUT2D eigenvalue weighted by Gasteiger charge is 2.11. The zero-order chi connectivity index (χ0) is 13.6. The molecule has 0 spiro atoms. The molecule has 0 bridgehead atoms. The quantitative estimate of drug-likeness (QED) is 0.724. The molecule has 0 fully saturated rings. The summed E-state index contributed by atoms with van der Waals surface area (Å²) in [4.78, 5) is 0. The average Bonchev–Trinajstić information content (AvgIpc) is 2.76. The van der Waals surface area contributed by atoms with Crippen molar-refractivity contribution in [3.63, 3.8) is 0 Å². The molecule has 18 heavy (non-hydrogen) atoms. The normalized spacial score (nSPS) is 10.4. The van der Waals surface area contributed by atoms with Crippen molar-refractivity contribution in [2.24, 2.45) is 5.10 Å². The smallest absolute Gasteiger partial charge is 0.151 e. The van der Waals surface area contributed by atoms with E-state index < -0.39 is 0 Å². The first-order valence-corrected chi connectivity index (χ1v) is 5.84. The number of aromatic nitrogens is 3. The first-order valence-electron chi connectivity index (χ1n) is 5.84. The fourth-order valence-corrected chi connectivity index (χ4v) is 1.36. The van der Waals surface area contributed by atoms with Gasteiger partial charge in [-0.3, -0.25) is 0 Å². The lowest BCUT2D eigenvalue weighted by molar-refractivity contribution is 0.590. The van der Waals surface area contributed by atoms with Crippen molar-refractivity contribution in [1.82, 2.24) is 14.9 Å². The second kappa shape index (κ2) is 6.10. The number of hydrogen-bond acceptors (Lipinski definition) is 3. The summed E-state index contributed by atoms with van der Waals surface area (Å²) in [6.45, 7) is 11.8. The van der Waals surface area contributed by atoms with Gasteiger partial charge >= 0.3 is 0 Å². The Morgan fingerprint density at radius 2 is 1.78 bits per heavy atom. The first kappa shape index (κ1) is 14.1. The van der Waals surface area contributed by atoms with Gasteiger partial charge in [0.15, 0.2) is 5.82 Å². The molecular weight excluding hydrogens is 224 g/mol. The van der Waals surface area contributed by atoms with Gasteiger partial charge in [0.2, 0.25) is 0 Å². The Hall–Kier alpha value is -1.97. The number of hydrogen-bond donors (Lipinski definition) is 0. The summed E-state index contributed by atoms with van der Waals surface area (Å²) in [5.41, 5.74) is 1.69. The van der Waals surface area contributed by atoms with Gasteiger partial charge in [-0.1, -0.05) is 51.1 Å². The summed E-state index contributed by atoms with van der Waals surface area (Å²) in [6.07, 6.45) is 1.50. The molecular formula is C14H20N4. The van der Waals surface area contributed by atoms with Crippen LogP contribution in [0.3, 0.4) is 0 Å². The molecule has 4 nitrogen and oxygen atoms in total. The summed E-state index contributed by atoms with van der Waals surface area (Å²) in [6, 6.07) is 10.6. The molecule has 0 saturated carbocycles. The van der Waals surface area contributed by atoms with E-state index >= 15 is 0 Å². The van der Waals surface area contributed by atoms with Gasteiger partial charge in [0.1, 0.15) is 6.33 Å². The van der Waals surface area contributed by atoms with Crippen molar-refractivity contribution in [1.29, 1.82) is 0 Å². The molecule has 0 N–H and O–H groups in total. The van der Waals surface area contributed by atoms with Crippen molar-refractivity contribution in [2.75, 3.05) is 0 Å². The molecule has 2 rings (SSSR count). The maximum Gasteiger partial charge on any atom is 0.151 e. The minimum Gasteiger partial charge on any atom is -0.205 e. The van der Waals surface area contributed by atoms with Gasteiger partial charge < -0.3 is 0 Å². The molecule has 1 heterocycles. The van der Waals surface area contributed by atoms with Gasteiger partial charge in [0.05, 0.1) is 0 Å². The van der Waals surface area contributed by atoms with E-state index in [1.54, 1.807) is 0 Å². The lowest BCUT2D eigenvalue weighted by atomic mass is 9.87. The van der Waals surface area contributed by atoms with Gasteiger partial charge in [0.25, 0.3) is 0 Å². The lowest BCUT2D eigenvalue weighted by Crippen LogP contribution is -2.10. The van der Waals surface area contributed by atoms with E-state index in [-0.39, 0.29) is 0 Å². The van der Waals surface area contributed by atoms with Crippen LogP contribution in [0.2, 0.25) is 0 Å². The zero-order valence-electron chi connectivity index (χ0n) is 11.5. The van der Waals surface area contributed by atoms with Crippen molar-refractivity contribution < 1.29 is 0 Å². The Bertz CT molecular complexity index is 480. The van der Waals surface area contributed by atoms with Gasteiger partial charge in [-0.05, 0) is 17.9 Å². The maximum absolute atomic E-state index is 3.67. The molecule has 4 heteroatoms. The van der Waals surface area contributed by atoms with Gasteiger partial charge in [-0.25, -0.2) is 4.68 Å². The molecule has 0 unspecified atom stereocenters. The second-order valence-corrected chi connectivity index (χ2v) is 4.98. The van der Waals surface area contributed by atoms with E-state index in [0.29, 0.717) is 5.41 Å². The van der Waals surface area contributed by atoms with Crippen LogP contribution in [0, 0.1) is 6.92 Å². The highest BCUT2D eigenvalue weighted by atomic mass is 15.4. The number of aryl methyl sites for hydroxylation is 1. The van der Waals surface area contributed by atoms with Gasteiger partial charge in [-0.15, -0.1) is 10.2 Å². The van der Waals surface area contributed by atoms with Crippen LogP contribution in [0.4, 0.5) is 0 Å². The van der Waals surface area contributed by atoms with E-state index in [4.69, 9.17) is 0 Å². The van der Waals surface area contributed by atoms with Crippen LogP contribution in [0.25, 0.3) is 0 Å². The third-order valence-corrected chi connectivity index (χ3v) is 2.49. The SMILES string of the molecule is C=Nn1cnnc1C.CC(C)(C)c1ccccc1. The van der Waals surface area contributed by atoms with E-state index in [2.05, 4.69) is 73.1 Å². The molecule has 0 aliphatic rings. The second-order valence-electron chi connectivity index (χ2n) is 4.98. The Labute approximate surface area is 108 Å². The Kier molecular flexibility index (Phi) is 4.77. The van der Waals surface area contributed by atoms with Gasteiger partial charge in [-0.2, -0.15) is 5.10 Å². The Balaban J connectivity index is 0.000000184. The molecule has 0 aliphatic carbocycles. The summed E-state index contributed by atoms with van der Waals surface area (Å²) < 4.78 is 1.50. The molecule has 2 aromatic rings. The summed E-state index contributed by atoms with van der Waals surface area (Å²) in [7, 11) is 0. The van der Waals surface area contributed by atoms with Crippen LogP contribution in [0.5, 0.6) is 0 Å². The van der Waals surface area contributed by atoms with Crippen LogP contribution in [0.1, 0.15) is 32.2 Å². The molecule has 0 aliphatic heterocycles. The van der Waals surface area contributed by atoms with Gasteiger partial charge in [0, 0.05) is 6.72 Å². The van der Waals surface area contributed by atoms with Crippen molar-refractivity contribution in [2.45, 2.75) is 33.1 Å². The highest BCUT2D eigenvalue weighted by Crippen LogP contribution is 2.20. The standard InChI is InChI=1S/C10H14.C4H6N4/c1-10(2,3)9-7-5-4-6-8-9;1-4-7-6-3-8(4)5-2/h4-8H,1-3H3;3H,2H2,1H3. The Morgan fingerprint density at radius 3 is 2.06 bits per heavy atom. The predicted molar refractivity (Wildman–Crippen MR) is 74.8 cm³/mol. The monoisotopic (exact) mass is 244 g/mol. The van der Waals surface area contributed by atoms with Crippen LogP contribution >= 0.6 is 0 Å². The number of benzene rings is 1. The van der Waals surface area contributed by atoms with E-state index in [0.717, 1.165) is 5.82 Å². The van der Waals surface area contributed by atoms with E-state index in [1.807, 2.05) is 6.92 Å². The minimum atomic E-state index is 0.293. The minimum absolute atomic E-state index is 0.293. The van der Waals surface area contributed by atoms with E-state index in [9.17, 15) is 0 Å². The molecule has 1 aromatic carbocycles.